The Morgan fingerprint density at radius 2 is 1.58 bits per heavy atom. The van der Waals surface area contributed by atoms with Gasteiger partial charge in [-0.3, -0.25) is 4.79 Å². The van der Waals surface area contributed by atoms with Crippen LogP contribution in [-0.2, 0) is 4.79 Å². The van der Waals surface area contributed by atoms with E-state index in [0.29, 0.717) is 5.03 Å². The largest absolute Gasteiger partial charge is 0.433 e. The Bertz CT molecular complexity index is 1210. The predicted molar refractivity (Wildman–Crippen MR) is 117 cm³/mol. The maximum Gasteiger partial charge on any atom is 0.387 e. The smallest absolute Gasteiger partial charge is 0.387 e. The van der Waals surface area contributed by atoms with Gasteiger partial charge in [-0.15, -0.1) is 10.2 Å². The molecule has 8 heteroatoms. The standard InChI is InChI=1S/C23H17F2N3O2S/c24-23(25)30-19-13-7-6-12-18(19)26-20(29)14-31-22-17-11-5-4-10-16(17)21(27-28-22)15-8-2-1-3-9-15/h1-13,23H,14H2,(H,26,29). The highest BCUT2D eigenvalue weighted by molar-refractivity contribution is 8.00. The molecule has 1 N–H and O–H groups in total. The summed E-state index contributed by atoms with van der Waals surface area (Å²) in [6.45, 7) is -2.97. The zero-order valence-electron chi connectivity index (χ0n) is 16.2. The lowest BCUT2D eigenvalue weighted by Gasteiger charge is -2.12. The van der Waals surface area contributed by atoms with Gasteiger partial charge in [-0.25, -0.2) is 0 Å². The molecule has 156 valence electrons. The summed E-state index contributed by atoms with van der Waals surface area (Å²) in [5.74, 6) is -0.423. The molecule has 31 heavy (non-hydrogen) atoms. The second-order valence-corrected chi connectivity index (χ2v) is 7.44. The van der Waals surface area contributed by atoms with Gasteiger partial charge in [-0.2, -0.15) is 8.78 Å². The first-order chi connectivity index (χ1) is 15.1. The number of para-hydroxylation sites is 2. The Hall–Kier alpha value is -3.52. The third-order valence-electron chi connectivity index (χ3n) is 4.42. The summed E-state index contributed by atoms with van der Waals surface area (Å²) in [5.41, 5.74) is 1.91. The number of halogens is 2. The van der Waals surface area contributed by atoms with Crippen LogP contribution in [0, 0.1) is 0 Å². The maximum absolute atomic E-state index is 12.6. The zero-order valence-corrected chi connectivity index (χ0v) is 17.0. The van der Waals surface area contributed by atoms with Crippen molar-refractivity contribution in [3.05, 3.63) is 78.9 Å². The van der Waals surface area contributed by atoms with Crippen LogP contribution in [0.2, 0.25) is 0 Å². The van der Waals surface area contributed by atoms with Crippen LogP contribution in [-0.4, -0.2) is 28.5 Å². The van der Waals surface area contributed by atoms with Crippen LogP contribution in [0.3, 0.4) is 0 Å². The lowest BCUT2D eigenvalue weighted by Crippen LogP contribution is -2.15. The number of amides is 1. The number of anilines is 1. The van der Waals surface area contributed by atoms with Crippen LogP contribution in [0.15, 0.2) is 83.9 Å². The van der Waals surface area contributed by atoms with E-state index in [1.807, 2.05) is 54.6 Å². The number of carbonyl (C=O) groups is 1. The molecule has 0 bridgehead atoms. The van der Waals surface area contributed by atoms with E-state index in [2.05, 4.69) is 20.3 Å². The Morgan fingerprint density at radius 3 is 2.35 bits per heavy atom. The molecule has 1 heterocycles. The number of hydrogen-bond donors (Lipinski definition) is 1. The van der Waals surface area contributed by atoms with E-state index in [0.717, 1.165) is 22.0 Å². The first kappa shape index (κ1) is 20.7. The highest BCUT2D eigenvalue weighted by Gasteiger charge is 2.15. The molecule has 0 aliphatic rings. The maximum atomic E-state index is 12.6. The number of thioether (sulfide) groups is 1. The minimum Gasteiger partial charge on any atom is -0.433 e. The molecule has 0 aliphatic carbocycles. The Morgan fingerprint density at radius 1 is 0.903 bits per heavy atom. The first-order valence-electron chi connectivity index (χ1n) is 9.39. The number of alkyl halides is 2. The number of nitrogens with zero attached hydrogens (tertiary/aromatic N) is 2. The fourth-order valence-electron chi connectivity index (χ4n) is 3.08. The number of hydrogen-bond acceptors (Lipinski definition) is 5. The quantitative estimate of drug-likeness (QED) is 0.380. The van der Waals surface area contributed by atoms with Crippen molar-refractivity contribution in [3.63, 3.8) is 0 Å². The third-order valence-corrected chi connectivity index (χ3v) is 5.40. The van der Waals surface area contributed by atoms with Crippen molar-refractivity contribution in [1.29, 1.82) is 0 Å². The van der Waals surface area contributed by atoms with Gasteiger partial charge in [0.15, 0.2) is 0 Å². The average molecular weight is 437 g/mol. The van der Waals surface area contributed by atoms with E-state index in [9.17, 15) is 13.6 Å². The number of ether oxygens (including phenoxy) is 1. The molecule has 4 aromatic rings. The number of aromatic nitrogens is 2. The van der Waals surface area contributed by atoms with Crippen molar-refractivity contribution in [1.82, 2.24) is 10.2 Å². The zero-order chi connectivity index (χ0) is 21.6. The summed E-state index contributed by atoms with van der Waals surface area (Å²) in [5, 5.41) is 13.7. The topological polar surface area (TPSA) is 64.1 Å². The molecule has 0 aliphatic heterocycles. The van der Waals surface area contributed by atoms with Crippen LogP contribution in [0.25, 0.3) is 22.0 Å². The molecule has 0 unspecified atom stereocenters. The van der Waals surface area contributed by atoms with Gasteiger partial charge in [0, 0.05) is 16.3 Å². The number of carbonyl (C=O) groups excluding carboxylic acids is 1. The van der Waals surface area contributed by atoms with Crippen LogP contribution < -0.4 is 10.1 Å². The number of fused-ring (bicyclic) bond motifs is 1. The summed E-state index contributed by atoms with van der Waals surface area (Å²) in [7, 11) is 0. The molecular formula is C23H17F2N3O2S. The van der Waals surface area contributed by atoms with Gasteiger partial charge in [-0.1, -0.05) is 78.5 Å². The van der Waals surface area contributed by atoms with Crippen molar-refractivity contribution in [2.24, 2.45) is 0 Å². The Labute approximate surface area is 181 Å². The monoisotopic (exact) mass is 437 g/mol. The van der Waals surface area contributed by atoms with Crippen molar-refractivity contribution >= 4 is 34.1 Å². The predicted octanol–water partition coefficient (Wildman–Crippen LogP) is 5.63. The van der Waals surface area contributed by atoms with Gasteiger partial charge in [0.1, 0.15) is 16.5 Å². The van der Waals surface area contributed by atoms with Crippen molar-refractivity contribution in [2.75, 3.05) is 11.1 Å². The molecule has 0 fully saturated rings. The molecule has 5 nitrogen and oxygen atoms in total. The van der Waals surface area contributed by atoms with Crippen molar-refractivity contribution in [2.45, 2.75) is 11.6 Å². The molecule has 3 aromatic carbocycles. The highest BCUT2D eigenvalue weighted by Crippen LogP contribution is 2.32. The summed E-state index contributed by atoms with van der Waals surface area (Å²) < 4.78 is 29.6. The van der Waals surface area contributed by atoms with E-state index in [1.54, 1.807) is 12.1 Å². The van der Waals surface area contributed by atoms with E-state index in [4.69, 9.17) is 0 Å². The minimum absolute atomic E-state index is 0.0341. The average Bonchev–Trinajstić information content (AvgIpc) is 2.79. The lowest BCUT2D eigenvalue weighted by atomic mass is 10.1. The van der Waals surface area contributed by atoms with Crippen LogP contribution >= 0.6 is 11.8 Å². The highest BCUT2D eigenvalue weighted by atomic mass is 32.2. The third kappa shape index (κ3) is 4.97. The van der Waals surface area contributed by atoms with Gasteiger partial charge in [0.05, 0.1) is 11.4 Å². The molecule has 1 amide bonds. The Kier molecular flexibility index (Phi) is 6.37. The number of benzene rings is 3. The van der Waals surface area contributed by atoms with Gasteiger partial charge in [-0.05, 0) is 12.1 Å². The summed E-state index contributed by atoms with van der Waals surface area (Å²) >= 11 is 1.23. The van der Waals surface area contributed by atoms with Crippen molar-refractivity contribution < 1.29 is 18.3 Å². The molecule has 0 spiro atoms. The van der Waals surface area contributed by atoms with Gasteiger partial charge >= 0.3 is 6.61 Å². The molecule has 0 saturated heterocycles. The molecule has 0 radical (unpaired) electrons. The van der Waals surface area contributed by atoms with Crippen LogP contribution in [0.5, 0.6) is 5.75 Å². The second kappa shape index (κ2) is 9.53. The first-order valence-corrected chi connectivity index (χ1v) is 10.4. The van der Waals surface area contributed by atoms with E-state index in [-0.39, 0.29) is 23.1 Å². The molecule has 0 saturated carbocycles. The van der Waals surface area contributed by atoms with Gasteiger partial charge in [0.2, 0.25) is 5.91 Å². The number of rotatable bonds is 7. The normalized spacial score (nSPS) is 10.9. The summed E-state index contributed by atoms with van der Waals surface area (Å²) in [6, 6.07) is 23.5. The lowest BCUT2D eigenvalue weighted by molar-refractivity contribution is -0.113. The Balaban J connectivity index is 1.52. The second-order valence-electron chi connectivity index (χ2n) is 6.48. The SMILES string of the molecule is O=C(CSc1nnc(-c2ccccc2)c2ccccc12)Nc1ccccc1OC(F)F. The summed E-state index contributed by atoms with van der Waals surface area (Å²) in [4.78, 5) is 12.4. The molecular weight excluding hydrogens is 420 g/mol. The fourth-order valence-corrected chi connectivity index (χ4v) is 3.86. The van der Waals surface area contributed by atoms with Gasteiger partial charge in [0.25, 0.3) is 0 Å². The van der Waals surface area contributed by atoms with Crippen molar-refractivity contribution in [3.8, 4) is 17.0 Å². The molecule has 1 aromatic heterocycles. The van der Waals surface area contributed by atoms with Crippen LogP contribution in [0.1, 0.15) is 0 Å². The van der Waals surface area contributed by atoms with E-state index >= 15 is 0 Å². The number of nitrogens with one attached hydrogen (secondary N) is 1. The van der Waals surface area contributed by atoms with Gasteiger partial charge < -0.3 is 10.1 Å². The molecule has 0 atom stereocenters. The van der Waals surface area contributed by atoms with E-state index < -0.39 is 6.61 Å². The molecule has 4 rings (SSSR count). The van der Waals surface area contributed by atoms with Crippen LogP contribution in [0.4, 0.5) is 14.5 Å². The minimum atomic E-state index is -2.97. The summed E-state index contributed by atoms with van der Waals surface area (Å²) in [6.07, 6.45) is 0. The fraction of sp³-hybridized carbons (Fsp3) is 0.0870. The van der Waals surface area contributed by atoms with E-state index in [1.165, 1.54) is 23.9 Å².